The minimum Gasteiger partial charge on any atom is -0.381 e. The van der Waals surface area contributed by atoms with Gasteiger partial charge in [0.1, 0.15) is 0 Å². The molecule has 0 saturated heterocycles. The Morgan fingerprint density at radius 2 is 1.80 bits per heavy atom. The van der Waals surface area contributed by atoms with Crippen molar-refractivity contribution >= 4 is 11.7 Å². The summed E-state index contributed by atoms with van der Waals surface area (Å²) in [4.78, 5) is 11.8. The predicted octanol–water partition coefficient (Wildman–Crippen LogP) is 3.55. The van der Waals surface area contributed by atoms with Crippen LogP contribution in [0.25, 0.3) is 0 Å². The van der Waals surface area contributed by atoms with Gasteiger partial charge in [-0.05, 0) is 56.4 Å². The summed E-state index contributed by atoms with van der Waals surface area (Å²) in [5.41, 5.74) is 4.36. The molecule has 2 N–H and O–H groups in total. The standard InChI is InChI=1S/C16H26N2O2/c1-5-8-20-9-6-7-17-16(19)18-15-11-13(3)12(2)10-14(15)4/h10-11H,5-9H2,1-4H3,(H2,17,18,19). The number of urea groups is 1. The number of aryl methyl sites for hydroxylation is 3. The minimum atomic E-state index is -0.160. The van der Waals surface area contributed by atoms with Crippen molar-refractivity contribution in [3.05, 3.63) is 28.8 Å². The number of nitrogens with one attached hydrogen (secondary N) is 2. The SMILES string of the molecule is CCCOCCCNC(=O)Nc1cc(C)c(C)cc1C. The van der Waals surface area contributed by atoms with Gasteiger partial charge < -0.3 is 15.4 Å². The van der Waals surface area contributed by atoms with Gasteiger partial charge in [-0.15, -0.1) is 0 Å². The molecule has 2 amide bonds. The van der Waals surface area contributed by atoms with Crippen LogP contribution in [0.4, 0.5) is 10.5 Å². The average Bonchev–Trinajstić information content (AvgIpc) is 2.40. The average molecular weight is 278 g/mol. The molecule has 0 bridgehead atoms. The molecule has 1 aromatic rings. The van der Waals surface area contributed by atoms with E-state index < -0.39 is 0 Å². The van der Waals surface area contributed by atoms with Crippen molar-refractivity contribution in [3.8, 4) is 0 Å². The van der Waals surface area contributed by atoms with E-state index in [1.54, 1.807) is 0 Å². The van der Waals surface area contributed by atoms with Crippen LogP contribution in [0, 0.1) is 20.8 Å². The highest BCUT2D eigenvalue weighted by atomic mass is 16.5. The summed E-state index contributed by atoms with van der Waals surface area (Å²) in [6, 6.07) is 3.94. The summed E-state index contributed by atoms with van der Waals surface area (Å²) >= 11 is 0. The lowest BCUT2D eigenvalue weighted by Gasteiger charge is -2.12. The van der Waals surface area contributed by atoms with Crippen molar-refractivity contribution in [2.45, 2.75) is 40.5 Å². The normalized spacial score (nSPS) is 10.4. The first kappa shape index (κ1) is 16.5. The Balaban J connectivity index is 2.34. The van der Waals surface area contributed by atoms with Gasteiger partial charge in [0.15, 0.2) is 0 Å². The summed E-state index contributed by atoms with van der Waals surface area (Å²) in [7, 11) is 0. The highest BCUT2D eigenvalue weighted by Gasteiger charge is 2.05. The largest absolute Gasteiger partial charge is 0.381 e. The Hall–Kier alpha value is -1.55. The number of ether oxygens (including phenoxy) is 1. The van der Waals surface area contributed by atoms with Crippen molar-refractivity contribution in [3.63, 3.8) is 0 Å². The second-order valence-corrected chi connectivity index (χ2v) is 5.10. The fourth-order valence-electron chi connectivity index (χ4n) is 1.88. The van der Waals surface area contributed by atoms with E-state index in [1.807, 2.05) is 19.9 Å². The van der Waals surface area contributed by atoms with Crippen LogP contribution in [0.3, 0.4) is 0 Å². The molecule has 0 atom stereocenters. The number of amides is 2. The maximum absolute atomic E-state index is 11.8. The van der Waals surface area contributed by atoms with E-state index in [9.17, 15) is 4.79 Å². The molecule has 0 aromatic heterocycles. The molecule has 0 unspecified atom stereocenters. The molecule has 112 valence electrons. The Labute approximate surface area is 121 Å². The van der Waals surface area contributed by atoms with Gasteiger partial charge in [0.05, 0.1) is 0 Å². The number of hydrogen-bond acceptors (Lipinski definition) is 2. The van der Waals surface area contributed by atoms with Gasteiger partial charge in [0.2, 0.25) is 0 Å². The van der Waals surface area contributed by atoms with E-state index in [0.717, 1.165) is 30.7 Å². The molecular weight excluding hydrogens is 252 g/mol. The van der Waals surface area contributed by atoms with E-state index in [-0.39, 0.29) is 6.03 Å². The number of hydrogen-bond donors (Lipinski definition) is 2. The quantitative estimate of drug-likeness (QED) is 0.749. The van der Waals surface area contributed by atoms with Crippen LogP contribution in [-0.2, 0) is 4.74 Å². The number of rotatable bonds is 7. The van der Waals surface area contributed by atoms with E-state index in [4.69, 9.17) is 4.74 Å². The van der Waals surface area contributed by atoms with E-state index in [1.165, 1.54) is 11.1 Å². The molecule has 0 heterocycles. The van der Waals surface area contributed by atoms with Crippen molar-refractivity contribution in [2.75, 3.05) is 25.1 Å². The van der Waals surface area contributed by atoms with Gasteiger partial charge in [-0.1, -0.05) is 13.0 Å². The first-order valence-corrected chi connectivity index (χ1v) is 7.25. The van der Waals surface area contributed by atoms with Gasteiger partial charge >= 0.3 is 6.03 Å². The lowest BCUT2D eigenvalue weighted by Crippen LogP contribution is -2.30. The van der Waals surface area contributed by atoms with Gasteiger partial charge in [0.25, 0.3) is 0 Å². The zero-order valence-corrected chi connectivity index (χ0v) is 13.0. The van der Waals surface area contributed by atoms with Crippen LogP contribution in [0.1, 0.15) is 36.5 Å². The Morgan fingerprint density at radius 1 is 1.10 bits per heavy atom. The fraction of sp³-hybridized carbons (Fsp3) is 0.562. The van der Waals surface area contributed by atoms with E-state index in [0.29, 0.717) is 13.2 Å². The van der Waals surface area contributed by atoms with E-state index >= 15 is 0 Å². The third kappa shape index (κ3) is 5.61. The topological polar surface area (TPSA) is 50.4 Å². The monoisotopic (exact) mass is 278 g/mol. The fourth-order valence-corrected chi connectivity index (χ4v) is 1.88. The number of carbonyl (C=O) groups excluding carboxylic acids is 1. The molecule has 20 heavy (non-hydrogen) atoms. The molecule has 0 radical (unpaired) electrons. The molecule has 0 aliphatic carbocycles. The third-order valence-corrected chi connectivity index (χ3v) is 3.19. The van der Waals surface area contributed by atoms with Crippen molar-refractivity contribution in [1.29, 1.82) is 0 Å². The highest BCUT2D eigenvalue weighted by Crippen LogP contribution is 2.19. The van der Waals surface area contributed by atoms with Crippen molar-refractivity contribution in [2.24, 2.45) is 0 Å². The van der Waals surface area contributed by atoms with Crippen LogP contribution in [-0.4, -0.2) is 25.8 Å². The Bertz CT molecular complexity index is 444. The maximum atomic E-state index is 11.8. The molecule has 0 spiro atoms. The third-order valence-electron chi connectivity index (χ3n) is 3.19. The van der Waals surface area contributed by atoms with Crippen LogP contribution in [0.2, 0.25) is 0 Å². The first-order chi connectivity index (χ1) is 9.54. The molecule has 1 aromatic carbocycles. The molecular formula is C16H26N2O2. The van der Waals surface area contributed by atoms with Gasteiger partial charge in [-0.2, -0.15) is 0 Å². The molecule has 0 fully saturated rings. The summed E-state index contributed by atoms with van der Waals surface area (Å²) in [5, 5.41) is 5.73. The number of benzene rings is 1. The molecule has 0 aliphatic heterocycles. The van der Waals surface area contributed by atoms with Crippen LogP contribution >= 0.6 is 0 Å². The molecule has 0 aliphatic rings. The second-order valence-electron chi connectivity index (χ2n) is 5.10. The smallest absolute Gasteiger partial charge is 0.319 e. The zero-order valence-electron chi connectivity index (χ0n) is 13.0. The molecule has 1 rings (SSSR count). The Morgan fingerprint density at radius 3 is 2.50 bits per heavy atom. The van der Waals surface area contributed by atoms with Crippen LogP contribution < -0.4 is 10.6 Å². The first-order valence-electron chi connectivity index (χ1n) is 7.25. The van der Waals surface area contributed by atoms with Crippen molar-refractivity contribution in [1.82, 2.24) is 5.32 Å². The molecule has 0 saturated carbocycles. The zero-order chi connectivity index (χ0) is 15.0. The summed E-state index contributed by atoms with van der Waals surface area (Å²) < 4.78 is 5.36. The second kappa shape index (κ2) is 8.59. The predicted molar refractivity (Wildman–Crippen MR) is 83.4 cm³/mol. The van der Waals surface area contributed by atoms with Crippen LogP contribution in [0.15, 0.2) is 12.1 Å². The van der Waals surface area contributed by atoms with Gasteiger partial charge in [-0.3, -0.25) is 0 Å². The lowest BCUT2D eigenvalue weighted by molar-refractivity contribution is 0.132. The molecule has 4 heteroatoms. The summed E-state index contributed by atoms with van der Waals surface area (Å²) in [5.74, 6) is 0. The summed E-state index contributed by atoms with van der Waals surface area (Å²) in [6.07, 6.45) is 1.86. The van der Waals surface area contributed by atoms with Crippen molar-refractivity contribution < 1.29 is 9.53 Å². The van der Waals surface area contributed by atoms with Crippen LogP contribution in [0.5, 0.6) is 0 Å². The lowest BCUT2D eigenvalue weighted by atomic mass is 10.1. The molecule has 4 nitrogen and oxygen atoms in total. The maximum Gasteiger partial charge on any atom is 0.319 e. The number of carbonyl (C=O) groups is 1. The Kier molecular flexibility index (Phi) is 7.09. The number of anilines is 1. The highest BCUT2D eigenvalue weighted by molar-refractivity contribution is 5.90. The summed E-state index contributed by atoms with van der Waals surface area (Å²) in [6.45, 7) is 10.3. The van der Waals surface area contributed by atoms with E-state index in [2.05, 4.69) is 30.5 Å². The minimum absolute atomic E-state index is 0.160. The van der Waals surface area contributed by atoms with Gasteiger partial charge in [-0.25, -0.2) is 4.79 Å². The van der Waals surface area contributed by atoms with Gasteiger partial charge in [0, 0.05) is 25.4 Å².